The summed E-state index contributed by atoms with van der Waals surface area (Å²) in [4.78, 5) is 31.1. The molecule has 0 radical (unpaired) electrons. The third kappa shape index (κ3) is 4.59. The highest BCUT2D eigenvalue weighted by Gasteiger charge is 2.36. The lowest BCUT2D eigenvalue weighted by molar-refractivity contribution is -0.132. The quantitative estimate of drug-likeness (QED) is 0.761. The highest BCUT2D eigenvalue weighted by Crippen LogP contribution is 2.22. The molecule has 0 bridgehead atoms. The van der Waals surface area contributed by atoms with Crippen molar-refractivity contribution in [3.05, 3.63) is 34.6 Å². The van der Waals surface area contributed by atoms with Gasteiger partial charge >= 0.3 is 0 Å². The van der Waals surface area contributed by atoms with E-state index < -0.39 is 5.82 Å². The Kier molecular flexibility index (Phi) is 6.68. The zero-order chi connectivity index (χ0) is 19.4. The number of hydrogen-bond acceptors (Lipinski definition) is 4. The van der Waals surface area contributed by atoms with Gasteiger partial charge in [-0.2, -0.15) is 0 Å². The van der Waals surface area contributed by atoms with Gasteiger partial charge in [-0.1, -0.05) is 11.6 Å². The fraction of sp³-hybridized carbons (Fsp3) is 0.579. The second-order valence-electron chi connectivity index (χ2n) is 6.93. The summed E-state index contributed by atoms with van der Waals surface area (Å²) in [5.74, 6) is -0.604. The molecule has 148 valence electrons. The van der Waals surface area contributed by atoms with E-state index in [0.29, 0.717) is 32.8 Å². The summed E-state index contributed by atoms with van der Waals surface area (Å²) in [6.07, 6.45) is 1.56. The van der Waals surface area contributed by atoms with Crippen LogP contribution in [0.15, 0.2) is 18.2 Å². The smallest absolute Gasteiger partial charge is 0.255 e. The number of likely N-dealkylation sites (tertiary alicyclic amines) is 1. The van der Waals surface area contributed by atoms with Crippen LogP contribution < -0.4 is 0 Å². The molecule has 2 fully saturated rings. The molecule has 27 heavy (non-hydrogen) atoms. The van der Waals surface area contributed by atoms with Gasteiger partial charge in [0.1, 0.15) is 5.82 Å². The Labute approximate surface area is 163 Å². The number of amides is 2. The van der Waals surface area contributed by atoms with Gasteiger partial charge in [0, 0.05) is 46.4 Å². The first-order chi connectivity index (χ1) is 13.0. The third-order valence-corrected chi connectivity index (χ3v) is 5.58. The second kappa shape index (κ2) is 8.99. The summed E-state index contributed by atoms with van der Waals surface area (Å²) >= 11 is 6.08. The van der Waals surface area contributed by atoms with E-state index in [1.165, 1.54) is 18.2 Å². The van der Waals surface area contributed by atoms with E-state index in [-0.39, 0.29) is 28.4 Å². The minimum atomic E-state index is -0.480. The van der Waals surface area contributed by atoms with E-state index in [1.54, 1.807) is 12.0 Å². The SMILES string of the molecule is COCCN1CC[C@@H](N2CCCN(C(=O)c3cc(F)ccc3Cl)CC2)C1=O. The fourth-order valence-corrected chi connectivity index (χ4v) is 3.97. The van der Waals surface area contributed by atoms with E-state index in [1.807, 2.05) is 4.90 Å². The van der Waals surface area contributed by atoms with Crippen LogP contribution >= 0.6 is 11.6 Å². The van der Waals surface area contributed by atoms with Crippen LogP contribution in [0.4, 0.5) is 4.39 Å². The van der Waals surface area contributed by atoms with Gasteiger partial charge in [0.2, 0.25) is 5.91 Å². The summed E-state index contributed by atoms with van der Waals surface area (Å²) in [6.45, 7) is 4.33. The summed E-state index contributed by atoms with van der Waals surface area (Å²) in [5, 5.41) is 0.252. The Balaban J connectivity index is 1.61. The van der Waals surface area contributed by atoms with Gasteiger partial charge in [-0.25, -0.2) is 4.39 Å². The first-order valence-electron chi connectivity index (χ1n) is 9.27. The number of methoxy groups -OCH3 is 1. The van der Waals surface area contributed by atoms with Crippen molar-refractivity contribution in [3.8, 4) is 0 Å². The molecule has 3 rings (SSSR count). The number of hydrogen-bond donors (Lipinski definition) is 0. The number of carbonyl (C=O) groups is 2. The summed E-state index contributed by atoms with van der Waals surface area (Å²) < 4.78 is 18.6. The number of rotatable bonds is 5. The number of benzene rings is 1. The van der Waals surface area contributed by atoms with E-state index in [2.05, 4.69) is 4.90 Å². The van der Waals surface area contributed by atoms with E-state index in [4.69, 9.17) is 16.3 Å². The lowest BCUT2D eigenvalue weighted by Gasteiger charge is -2.26. The van der Waals surface area contributed by atoms with Crippen LogP contribution in [0.1, 0.15) is 23.2 Å². The van der Waals surface area contributed by atoms with Gasteiger partial charge in [-0.15, -0.1) is 0 Å². The Hall–Kier alpha value is -1.70. The van der Waals surface area contributed by atoms with Crippen LogP contribution in [0.3, 0.4) is 0 Å². The van der Waals surface area contributed by atoms with Crippen LogP contribution in [0.2, 0.25) is 5.02 Å². The maximum absolute atomic E-state index is 13.5. The lowest BCUT2D eigenvalue weighted by atomic mass is 10.2. The molecule has 0 spiro atoms. The average molecular weight is 398 g/mol. The maximum atomic E-state index is 13.5. The van der Waals surface area contributed by atoms with Gasteiger partial charge in [-0.05, 0) is 31.0 Å². The molecule has 0 aromatic heterocycles. The maximum Gasteiger partial charge on any atom is 0.255 e. The first-order valence-corrected chi connectivity index (χ1v) is 9.65. The Bertz CT molecular complexity index is 703. The monoisotopic (exact) mass is 397 g/mol. The summed E-state index contributed by atoms with van der Waals surface area (Å²) in [5.41, 5.74) is 0.188. The van der Waals surface area contributed by atoms with Crippen LogP contribution in [-0.4, -0.2) is 85.5 Å². The molecule has 0 saturated carbocycles. The summed E-state index contributed by atoms with van der Waals surface area (Å²) in [6, 6.07) is 3.70. The van der Waals surface area contributed by atoms with Gasteiger partial charge in [0.25, 0.3) is 5.91 Å². The number of halogens is 2. The van der Waals surface area contributed by atoms with Crippen molar-refractivity contribution in [1.29, 1.82) is 0 Å². The van der Waals surface area contributed by atoms with Crippen molar-refractivity contribution in [2.45, 2.75) is 18.9 Å². The molecule has 2 heterocycles. The molecule has 2 saturated heterocycles. The third-order valence-electron chi connectivity index (χ3n) is 5.25. The van der Waals surface area contributed by atoms with Crippen molar-refractivity contribution in [1.82, 2.24) is 14.7 Å². The van der Waals surface area contributed by atoms with Crippen LogP contribution in [-0.2, 0) is 9.53 Å². The van der Waals surface area contributed by atoms with Gasteiger partial charge < -0.3 is 14.5 Å². The Morgan fingerprint density at radius 1 is 1.26 bits per heavy atom. The molecule has 0 unspecified atom stereocenters. The van der Waals surface area contributed by atoms with Crippen molar-refractivity contribution in [2.24, 2.45) is 0 Å². The van der Waals surface area contributed by atoms with Crippen molar-refractivity contribution >= 4 is 23.4 Å². The molecule has 1 aromatic rings. The minimum Gasteiger partial charge on any atom is -0.383 e. The average Bonchev–Trinajstić information content (AvgIpc) is 2.87. The predicted octanol–water partition coefficient (Wildman–Crippen LogP) is 1.87. The van der Waals surface area contributed by atoms with Gasteiger partial charge in [-0.3, -0.25) is 14.5 Å². The van der Waals surface area contributed by atoms with E-state index in [0.717, 1.165) is 25.9 Å². The molecule has 1 atom stereocenters. The van der Waals surface area contributed by atoms with E-state index in [9.17, 15) is 14.0 Å². The van der Waals surface area contributed by atoms with Gasteiger partial charge in [0.05, 0.1) is 23.2 Å². The largest absolute Gasteiger partial charge is 0.383 e. The lowest BCUT2D eigenvalue weighted by Crippen LogP contribution is -2.44. The Morgan fingerprint density at radius 3 is 2.85 bits per heavy atom. The number of carbonyl (C=O) groups excluding carboxylic acids is 2. The van der Waals surface area contributed by atoms with Crippen LogP contribution in [0, 0.1) is 5.82 Å². The van der Waals surface area contributed by atoms with Crippen molar-refractivity contribution in [2.75, 3.05) is 53.0 Å². The number of ether oxygens (including phenoxy) is 1. The molecule has 0 N–H and O–H groups in total. The summed E-state index contributed by atoms with van der Waals surface area (Å²) in [7, 11) is 1.63. The highest BCUT2D eigenvalue weighted by atomic mass is 35.5. The molecule has 6 nitrogen and oxygen atoms in total. The Morgan fingerprint density at radius 2 is 2.07 bits per heavy atom. The zero-order valence-electron chi connectivity index (χ0n) is 15.5. The predicted molar refractivity (Wildman–Crippen MR) is 100 cm³/mol. The molecule has 8 heteroatoms. The second-order valence-corrected chi connectivity index (χ2v) is 7.34. The molecule has 0 aliphatic carbocycles. The molecule has 1 aromatic carbocycles. The van der Waals surface area contributed by atoms with Crippen LogP contribution in [0.25, 0.3) is 0 Å². The molecular formula is C19H25ClFN3O3. The van der Waals surface area contributed by atoms with Crippen LogP contribution in [0.5, 0.6) is 0 Å². The minimum absolute atomic E-state index is 0.130. The van der Waals surface area contributed by atoms with Crippen molar-refractivity contribution < 1.29 is 18.7 Å². The highest BCUT2D eigenvalue weighted by molar-refractivity contribution is 6.33. The topological polar surface area (TPSA) is 53.1 Å². The zero-order valence-corrected chi connectivity index (χ0v) is 16.3. The normalized spacial score (nSPS) is 21.6. The molecule has 2 amide bonds. The molecule has 2 aliphatic heterocycles. The van der Waals surface area contributed by atoms with E-state index >= 15 is 0 Å². The fourth-order valence-electron chi connectivity index (χ4n) is 3.77. The molecule has 2 aliphatic rings. The first kappa shape index (κ1) is 20.0. The number of nitrogens with zero attached hydrogens (tertiary/aromatic N) is 3. The van der Waals surface area contributed by atoms with Crippen molar-refractivity contribution in [3.63, 3.8) is 0 Å². The molecular weight excluding hydrogens is 373 g/mol. The standard InChI is InChI=1S/C19H25ClFN3O3/c1-27-12-11-24-8-5-17(19(24)26)22-6-2-7-23(10-9-22)18(25)15-13-14(21)3-4-16(15)20/h3-4,13,17H,2,5-12H2,1H3/t17-/m1/s1. The van der Waals surface area contributed by atoms with Gasteiger partial charge in [0.15, 0.2) is 0 Å².